The van der Waals surface area contributed by atoms with Gasteiger partial charge in [0.2, 0.25) is 0 Å². The third-order valence-corrected chi connectivity index (χ3v) is 1.54. The van der Waals surface area contributed by atoms with Gasteiger partial charge in [-0.2, -0.15) is 0 Å². The van der Waals surface area contributed by atoms with Gasteiger partial charge < -0.3 is 14.9 Å². The van der Waals surface area contributed by atoms with Crippen molar-refractivity contribution < 1.29 is 29.3 Å². The first-order valence-electron chi connectivity index (χ1n) is 5.01. The second-order valence-electron chi connectivity index (χ2n) is 3.36. The molecule has 2 N–H and O–H groups in total. The molecule has 98 valence electrons. The molecule has 0 amide bonds. The molecule has 0 fully saturated rings. The van der Waals surface area contributed by atoms with E-state index in [1.807, 2.05) is 13.8 Å². The van der Waals surface area contributed by atoms with Gasteiger partial charge in [0, 0.05) is 5.57 Å². The molecule has 0 saturated heterocycles. The van der Waals surface area contributed by atoms with E-state index in [9.17, 15) is 14.4 Å². The molecule has 6 nitrogen and oxygen atoms in total. The minimum Gasteiger partial charge on any atom is -0.481 e. The Balaban J connectivity index is 0. The average molecular weight is 246 g/mol. The number of carbonyl (C=O) groups is 3. The van der Waals surface area contributed by atoms with Crippen LogP contribution in [-0.4, -0.2) is 34.7 Å². The van der Waals surface area contributed by atoms with Crippen LogP contribution < -0.4 is 0 Å². The van der Waals surface area contributed by atoms with E-state index in [-0.39, 0.29) is 11.9 Å². The number of carboxylic acid groups (broad SMARTS) is 2. The lowest BCUT2D eigenvalue weighted by molar-refractivity contribution is -0.147. The number of hydrogen-bond donors (Lipinski definition) is 2. The van der Waals surface area contributed by atoms with Crippen LogP contribution in [0.5, 0.6) is 0 Å². The van der Waals surface area contributed by atoms with Crippen LogP contribution in [0.25, 0.3) is 0 Å². The van der Waals surface area contributed by atoms with Crippen LogP contribution in [0, 0.1) is 5.92 Å². The molecule has 0 rings (SSSR count). The van der Waals surface area contributed by atoms with Crippen molar-refractivity contribution in [1.29, 1.82) is 0 Å². The topological polar surface area (TPSA) is 101 Å². The van der Waals surface area contributed by atoms with Crippen LogP contribution in [0.3, 0.4) is 0 Å². The highest BCUT2D eigenvalue weighted by atomic mass is 16.5. The van der Waals surface area contributed by atoms with E-state index in [2.05, 4.69) is 6.58 Å². The van der Waals surface area contributed by atoms with Crippen molar-refractivity contribution in [1.82, 2.24) is 0 Å². The van der Waals surface area contributed by atoms with Crippen molar-refractivity contribution in [2.45, 2.75) is 27.2 Å². The summed E-state index contributed by atoms with van der Waals surface area (Å²) in [6.07, 6.45) is -0.806. The largest absolute Gasteiger partial charge is 0.481 e. The van der Waals surface area contributed by atoms with Crippen molar-refractivity contribution in [2.75, 3.05) is 6.61 Å². The highest BCUT2D eigenvalue weighted by molar-refractivity contribution is 5.89. The molecule has 0 aliphatic rings. The molecule has 0 saturated carbocycles. The van der Waals surface area contributed by atoms with E-state index >= 15 is 0 Å². The monoisotopic (exact) mass is 246 g/mol. The van der Waals surface area contributed by atoms with Gasteiger partial charge >= 0.3 is 17.9 Å². The SMILES string of the molecule is C=C(C(=O)OCC)C(C)C.O=C(O)CC(=O)O. The van der Waals surface area contributed by atoms with E-state index in [0.717, 1.165) is 0 Å². The zero-order valence-electron chi connectivity index (χ0n) is 10.2. The van der Waals surface area contributed by atoms with Crippen molar-refractivity contribution in [3.05, 3.63) is 12.2 Å². The first-order chi connectivity index (χ1) is 7.72. The number of esters is 1. The van der Waals surface area contributed by atoms with Gasteiger partial charge in [-0.1, -0.05) is 20.4 Å². The zero-order valence-corrected chi connectivity index (χ0v) is 10.2. The predicted molar refractivity (Wildman–Crippen MR) is 60.5 cm³/mol. The summed E-state index contributed by atoms with van der Waals surface area (Å²) >= 11 is 0. The fraction of sp³-hybridized carbons (Fsp3) is 0.545. The minimum atomic E-state index is -1.31. The zero-order chi connectivity index (χ0) is 14.0. The number of aliphatic carboxylic acids is 2. The van der Waals surface area contributed by atoms with Gasteiger partial charge in [-0.15, -0.1) is 0 Å². The third-order valence-electron chi connectivity index (χ3n) is 1.54. The Labute approximate surface area is 99.9 Å². The predicted octanol–water partition coefficient (Wildman–Crippen LogP) is 1.31. The Bertz CT molecular complexity index is 280. The van der Waals surface area contributed by atoms with Crippen molar-refractivity contribution in [2.24, 2.45) is 5.92 Å². The normalized spacial score (nSPS) is 8.94. The van der Waals surface area contributed by atoms with E-state index in [0.29, 0.717) is 12.2 Å². The fourth-order valence-electron chi connectivity index (χ4n) is 0.589. The summed E-state index contributed by atoms with van der Waals surface area (Å²) in [5.74, 6) is -2.73. The molecule has 6 heteroatoms. The van der Waals surface area contributed by atoms with E-state index < -0.39 is 18.4 Å². The van der Waals surface area contributed by atoms with Gasteiger partial charge in [-0.05, 0) is 12.8 Å². The van der Waals surface area contributed by atoms with Gasteiger partial charge in [0.05, 0.1) is 6.61 Å². The lowest BCUT2D eigenvalue weighted by Crippen LogP contribution is -2.10. The first-order valence-corrected chi connectivity index (χ1v) is 5.01. The molecule has 0 aromatic heterocycles. The second kappa shape index (κ2) is 9.38. The number of carbonyl (C=O) groups excluding carboxylic acids is 1. The van der Waals surface area contributed by atoms with Crippen LogP contribution >= 0.6 is 0 Å². The van der Waals surface area contributed by atoms with Crippen LogP contribution in [0.15, 0.2) is 12.2 Å². The number of ether oxygens (including phenoxy) is 1. The summed E-state index contributed by atoms with van der Waals surface area (Å²) in [6, 6.07) is 0. The first kappa shape index (κ1) is 17.5. The highest BCUT2D eigenvalue weighted by Crippen LogP contribution is 2.07. The smallest absolute Gasteiger partial charge is 0.333 e. The van der Waals surface area contributed by atoms with E-state index in [1.165, 1.54) is 0 Å². The summed E-state index contributed by atoms with van der Waals surface area (Å²) in [6.45, 7) is 9.63. The quantitative estimate of drug-likeness (QED) is 0.431. The molecule has 17 heavy (non-hydrogen) atoms. The molecule has 0 bridgehead atoms. The Morgan fingerprint density at radius 3 is 1.76 bits per heavy atom. The molecule has 0 spiro atoms. The third kappa shape index (κ3) is 12.1. The highest BCUT2D eigenvalue weighted by Gasteiger charge is 2.10. The fourth-order valence-corrected chi connectivity index (χ4v) is 0.589. The van der Waals surface area contributed by atoms with Gasteiger partial charge in [0.1, 0.15) is 6.42 Å². The van der Waals surface area contributed by atoms with E-state index in [1.54, 1.807) is 6.92 Å². The molecule has 0 aromatic rings. The maximum absolute atomic E-state index is 10.9. The summed E-state index contributed by atoms with van der Waals surface area (Å²) < 4.78 is 4.73. The molecule has 0 heterocycles. The maximum atomic E-state index is 10.9. The van der Waals surface area contributed by atoms with Crippen LogP contribution in [-0.2, 0) is 19.1 Å². The van der Waals surface area contributed by atoms with Crippen molar-refractivity contribution >= 4 is 17.9 Å². The summed E-state index contributed by atoms with van der Waals surface area (Å²) in [7, 11) is 0. The van der Waals surface area contributed by atoms with E-state index in [4.69, 9.17) is 14.9 Å². The number of rotatable bonds is 5. The Morgan fingerprint density at radius 2 is 1.59 bits per heavy atom. The summed E-state index contributed by atoms with van der Waals surface area (Å²) in [5, 5.41) is 15.4. The van der Waals surface area contributed by atoms with Gasteiger partial charge in [0.15, 0.2) is 0 Å². The Hall–Kier alpha value is -1.85. The maximum Gasteiger partial charge on any atom is 0.333 e. The number of carboxylic acids is 2. The lowest BCUT2D eigenvalue weighted by Gasteiger charge is -2.06. The molecular weight excluding hydrogens is 228 g/mol. The minimum absolute atomic E-state index is 0.180. The van der Waals surface area contributed by atoms with Crippen LogP contribution in [0.1, 0.15) is 27.2 Å². The van der Waals surface area contributed by atoms with Gasteiger partial charge in [-0.25, -0.2) is 4.79 Å². The van der Waals surface area contributed by atoms with Crippen molar-refractivity contribution in [3.63, 3.8) is 0 Å². The summed E-state index contributed by atoms with van der Waals surface area (Å²) in [4.78, 5) is 29.7. The Morgan fingerprint density at radius 1 is 1.18 bits per heavy atom. The molecule has 0 aromatic carbocycles. The molecule has 0 aliphatic heterocycles. The van der Waals surface area contributed by atoms with Gasteiger partial charge in [0.25, 0.3) is 0 Å². The average Bonchev–Trinajstić information content (AvgIpc) is 2.15. The molecule has 0 atom stereocenters. The van der Waals surface area contributed by atoms with Crippen molar-refractivity contribution in [3.8, 4) is 0 Å². The Kier molecular flexibility index (Phi) is 9.68. The van der Waals surface area contributed by atoms with Gasteiger partial charge in [-0.3, -0.25) is 9.59 Å². The molecular formula is C11H18O6. The second-order valence-corrected chi connectivity index (χ2v) is 3.36. The number of hydrogen-bond acceptors (Lipinski definition) is 4. The molecule has 0 aliphatic carbocycles. The standard InChI is InChI=1S/C8H14O2.C3H4O4/c1-5-10-8(9)7(4)6(2)3;4-2(5)1-3(6)7/h6H,4-5H2,1-3H3;1H2,(H,4,5)(H,6,7). The molecule has 0 unspecified atom stereocenters. The summed E-state index contributed by atoms with van der Waals surface area (Å²) in [5.41, 5.74) is 0.543. The molecule has 0 radical (unpaired) electrons. The van der Waals surface area contributed by atoms with Crippen LogP contribution in [0.2, 0.25) is 0 Å². The van der Waals surface area contributed by atoms with Crippen LogP contribution in [0.4, 0.5) is 0 Å². The lowest BCUT2D eigenvalue weighted by atomic mass is 10.1.